The summed E-state index contributed by atoms with van der Waals surface area (Å²) in [6.07, 6.45) is 1.06. The maximum Gasteiger partial charge on any atom is 0.244 e. The van der Waals surface area contributed by atoms with Gasteiger partial charge in [-0.3, -0.25) is 13.9 Å². The van der Waals surface area contributed by atoms with Crippen LogP contribution in [0.15, 0.2) is 48.5 Å². The van der Waals surface area contributed by atoms with Gasteiger partial charge in [-0.05, 0) is 57.5 Å². The quantitative estimate of drug-likeness (QED) is 0.570. The number of hydrogen-bond acceptors (Lipinski definition) is 5. The lowest BCUT2D eigenvalue weighted by molar-refractivity contribution is -0.139. The third kappa shape index (κ3) is 7.49. The van der Waals surface area contributed by atoms with Gasteiger partial charge in [0, 0.05) is 12.6 Å². The van der Waals surface area contributed by atoms with Crippen LogP contribution in [0.4, 0.5) is 5.69 Å². The van der Waals surface area contributed by atoms with Crippen molar-refractivity contribution in [1.82, 2.24) is 10.2 Å². The maximum atomic E-state index is 13.4. The lowest BCUT2D eigenvalue weighted by Gasteiger charge is -2.32. The molecule has 0 aliphatic rings. The van der Waals surface area contributed by atoms with Crippen LogP contribution in [0, 0.1) is 6.92 Å². The highest BCUT2D eigenvalue weighted by atomic mass is 32.2. The van der Waals surface area contributed by atoms with Gasteiger partial charge >= 0.3 is 0 Å². The first kappa shape index (κ1) is 26.2. The zero-order valence-electron chi connectivity index (χ0n) is 20.0. The average Bonchev–Trinajstić information content (AvgIpc) is 2.74. The van der Waals surface area contributed by atoms with Crippen molar-refractivity contribution in [2.45, 2.75) is 46.3 Å². The third-order valence-electron chi connectivity index (χ3n) is 5.09. The zero-order chi connectivity index (χ0) is 24.8. The number of sulfonamides is 1. The van der Waals surface area contributed by atoms with E-state index >= 15 is 0 Å². The Labute approximate surface area is 196 Å². The van der Waals surface area contributed by atoms with Crippen molar-refractivity contribution >= 4 is 27.5 Å². The molecule has 9 heteroatoms. The van der Waals surface area contributed by atoms with Gasteiger partial charge in [-0.25, -0.2) is 8.42 Å². The Morgan fingerprint density at radius 1 is 1.06 bits per heavy atom. The highest BCUT2D eigenvalue weighted by Crippen LogP contribution is 2.20. The van der Waals surface area contributed by atoms with Crippen molar-refractivity contribution in [2.24, 2.45) is 0 Å². The predicted molar refractivity (Wildman–Crippen MR) is 130 cm³/mol. The summed E-state index contributed by atoms with van der Waals surface area (Å²) in [7, 11) is -2.19. The first-order chi connectivity index (χ1) is 15.4. The maximum absolute atomic E-state index is 13.4. The molecule has 0 saturated carbocycles. The summed E-state index contributed by atoms with van der Waals surface area (Å²) in [6.45, 7) is 6.89. The molecule has 1 atom stereocenters. The van der Waals surface area contributed by atoms with E-state index in [-0.39, 0.29) is 18.5 Å². The number of anilines is 1. The number of aryl methyl sites for hydroxylation is 1. The summed E-state index contributed by atoms with van der Waals surface area (Å²) < 4.78 is 31.4. The molecule has 2 aromatic carbocycles. The number of carbonyl (C=O) groups excluding carboxylic acids is 2. The molecule has 8 nitrogen and oxygen atoms in total. The minimum atomic E-state index is -3.74. The Kier molecular flexibility index (Phi) is 8.87. The van der Waals surface area contributed by atoms with Gasteiger partial charge in [0.1, 0.15) is 18.3 Å². The minimum absolute atomic E-state index is 0.103. The van der Waals surface area contributed by atoms with Gasteiger partial charge in [-0.1, -0.05) is 29.8 Å². The van der Waals surface area contributed by atoms with E-state index in [2.05, 4.69) is 5.32 Å². The van der Waals surface area contributed by atoms with Crippen LogP contribution in [0.5, 0.6) is 5.75 Å². The molecule has 0 bridgehead atoms. The Hall–Kier alpha value is -3.07. The van der Waals surface area contributed by atoms with Gasteiger partial charge < -0.3 is 15.0 Å². The van der Waals surface area contributed by atoms with Crippen molar-refractivity contribution in [1.29, 1.82) is 0 Å². The fourth-order valence-electron chi connectivity index (χ4n) is 3.28. The highest BCUT2D eigenvalue weighted by molar-refractivity contribution is 7.92. The van der Waals surface area contributed by atoms with Crippen molar-refractivity contribution in [3.05, 3.63) is 59.7 Å². The highest BCUT2D eigenvalue weighted by Gasteiger charge is 2.30. The lowest BCUT2D eigenvalue weighted by Crippen LogP contribution is -2.52. The SMILES string of the molecule is COc1cccc(CN(C(=O)CN(c2ccc(C)cc2)S(C)(=O)=O)C(C)C(=O)NC(C)C)c1. The van der Waals surface area contributed by atoms with Crippen LogP contribution in [-0.4, -0.2) is 57.1 Å². The smallest absolute Gasteiger partial charge is 0.244 e. The third-order valence-corrected chi connectivity index (χ3v) is 6.23. The van der Waals surface area contributed by atoms with Crippen LogP contribution in [0.1, 0.15) is 31.9 Å². The number of benzene rings is 2. The molecule has 180 valence electrons. The number of ether oxygens (including phenoxy) is 1. The molecule has 0 aromatic heterocycles. The van der Waals surface area contributed by atoms with E-state index in [1.54, 1.807) is 56.5 Å². The summed E-state index contributed by atoms with van der Waals surface area (Å²) in [6, 6.07) is 13.1. The average molecular weight is 476 g/mol. The monoisotopic (exact) mass is 475 g/mol. The van der Waals surface area contributed by atoms with Gasteiger partial charge in [0.15, 0.2) is 0 Å². The molecule has 2 aromatic rings. The van der Waals surface area contributed by atoms with Gasteiger partial charge in [-0.2, -0.15) is 0 Å². The topological polar surface area (TPSA) is 96.0 Å². The Bertz CT molecular complexity index is 1070. The summed E-state index contributed by atoms with van der Waals surface area (Å²) in [5.41, 5.74) is 2.11. The van der Waals surface area contributed by atoms with Gasteiger partial charge in [0.05, 0.1) is 19.1 Å². The molecule has 0 saturated heterocycles. The number of hydrogen-bond donors (Lipinski definition) is 1. The molecule has 0 heterocycles. The Morgan fingerprint density at radius 2 is 1.70 bits per heavy atom. The van der Waals surface area contributed by atoms with Gasteiger partial charge in [0.2, 0.25) is 21.8 Å². The summed E-state index contributed by atoms with van der Waals surface area (Å²) >= 11 is 0. The molecular formula is C24H33N3O5S. The molecule has 0 fully saturated rings. The number of nitrogens with zero attached hydrogens (tertiary/aromatic N) is 2. The fraction of sp³-hybridized carbons (Fsp3) is 0.417. The zero-order valence-corrected chi connectivity index (χ0v) is 20.8. The van der Waals surface area contributed by atoms with Gasteiger partial charge in [-0.15, -0.1) is 0 Å². The van der Waals surface area contributed by atoms with Crippen molar-refractivity contribution < 1.29 is 22.7 Å². The summed E-state index contributed by atoms with van der Waals surface area (Å²) in [5.74, 6) is -0.186. The van der Waals surface area contributed by atoms with E-state index in [1.807, 2.05) is 26.8 Å². The van der Waals surface area contributed by atoms with E-state index in [0.29, 0.717) is 11.4 Å². The number of amides is 2. The summed E-state index contributed by atoms with van der Waals surface area (Å²) in [5, 5.41) is 2.82. The number of rotatable bonds is 10. The van der Waals surface area contributed by atoms with Crippen LogP contribution < -0.4 is 14.4 Å². The standard InChI is InChI=1S/C24H33N3O5S/c1-17(2)25-24(29)19(4)26(15-20-8-7-9-22(14-20)32-5)23(28)16-27(33(6,30)31)21-12-10-18(3)11-13-21/h7-14,17,19H,15-16H2,1-6H3,(H,25,29). The van der Waals surface area contributed by atoms with E-state index in [0.717, 1.165) is 21.7 Å². The number of carbonyl (C=O) groups is 2. The number of nitrogens with one attached hydrogen (secondary N) is 1. The fourth-order valence-corrected chi connectivity index (χ4v) is 4.13. The molecule has 0 spiro atoms. The molecule has 0 radical (unpaired) electrons. The molecule has 33 heavy (non-hydrogen) atoms. The van der Waals surface area contributed by atoms with E-state index in [1.165, 1.54) is 4.90 Å². The van der Waals surface area contributed by atoms with E-state index in [4.69, 9.17) is 4.74 Å². The Morgan fingerprint density at radius 3 is 2.24 bits per heavy atom. The Balaban J connectivity index is 2.39. The van der Waals surface area contributed by atoms with Crippen LogP contribution in [-0.2, 0) is 26.2 Å². The lowest BCUT2D eigenvalue weighted by atomic mass is 10.1. The van der Waals surface area contributed by atoms with E-state index in [9.17, 15) is 18.0 Å². The van der Waals surface area contributed by atoms with Crippen molar-refractivity contribution in [3.8, 4) is 5.75 Å². The molecular weight excluding hydrogens is 442 g/mol. The van der Waals surface area contributed by atoms with Crippen LogP contribution in [0.2, 0.25) is 0 Å². The van der Waals surface area contributed by atoms with Crippen LogP contribution >= 0.6 is 0 Å². The number of methoxy groups -OCH3 is 1. The van der Waals surface area contributed by atoms with Crippen molar-refractivity contribution in [2.75, 3.05) is 24.2 Å². The first-order valence-electron chi connectivity index (χ1n) is 10.7. The molecule has 1 N–H and O–H groups in total. The normalized spacial score (nSPS) is 12.2. The minimum Gasteiger partial charge on any atom is -0.497 e. The second kappa shape index (κ2) is 11.2. The molecule has 2 amide bonds. The molecule has 1 unspecified atom stereocenters. The second-order valence-corrected chi connectivity index (χ2v) is 10.2. The summed E-state index contributed by atoms with van der Waals surface area (Å²) in [4.78, 5) is 27.6. The molecule has 2 rings (SSSR count). The molecule has 0 aliphatic carbocycles. The molecule has 0 aliphatic heterocycles. The second-order valence-electron chi connectivity index (χ2n) is 8.32. The van der Waals surface area contributed by atoms with Crippen LogP contribution in [0.3, 0.4) is 0 Å². The predicted octanol–water partition coefficient (Wildman–Crippen LogP) is 2.71. The largest absolute Gasteiger partial charge is 0.497 e. The van der Waals surface area contributed by atoms with Gasteiger partial charge in [0.25, 0.3) is 0 Å². The first-order valence-corrected chi connectivity index (χ1v) is 12.5. The van der Waals surface area contributed by atoms with E-state index < -0.39 is 28.5 Å². The van der Waals surface area contributed by atoms with Crippen molar-refractivity contribution in [3.63, 3.8) is 0 Å². The van der Waals surface area contributed by atoms with Crippen LogP contribution in [0.25, 0.3) is 0 Å².